The van der Waals surface area contributed by atoms with Crippen LogP contribution in [0.3, 0.4) is 0 Å². The van der Waals surface area contributed by atoms with Crippen molar-refractivity contribution in [3.05, 3.63) is 70.2 Å². The van der Waals surface area contributed by atoms with Crippen molar-refractivity contribution in [3.8, 4) is 0 Å². The number of hydrogen-bond donors (Lipinski definition) is 1. The summed E-state index contributed by atoms with van der Waals surface area (Å²) in [7, 11) is -3.70. The Labute approximate surface area is 233 Å². The number of carbonyl (C=O) groups excluding carboxylic acids is 2. The number of nitrogens with zero attached hydrogens (tertiary/aromatic N) is 2. The van der Waals surface area contributed by atoms with E-state index in [2.05, 4.69) is 5.32 Å². The van der Waals surface area contributed by atoms with E-state index in [0.29, 0.717) is 27.5 Å². The van der Waals surface area contributed by atoms with Crippen LogP contribution in [-0.4, -0.2) is 43.8 Å². The average Bonchev–Trinajstić information content (AvgIpc) is 3.11. The van der Waals surface area contributed by atoms with E-state index < -0.39 is 16.1 Å². The van der Waals surface area contributed by atoms with Gasteiger partial charge in [-0.25, -0.2) is 8.42 Å². The van der Waals surface area contributed by atoms with Crippen LogP contribution in [0.4, 0.5) is 5.69 Å². The van der Waals surface area contributed by atoms with E-state index in [9.17, 15) is 18.0 Å². The Morgan fingerprint density at radius 1 is 1.03 bits per heavy atom. The Morgan fingerprint density at radius 2 is 1.74 bits per heavy atom. The predicted molar refractivity (Wildman–Crippen MR) is 152 cm³/mol. The first-order valence-corrected chi connectivity index (χ1v) is 14.8. The van der Waals surface area contributed by atoms with E-state index in [1.54, 1.807) is 43.3 Å². The lowest BCUT2D eigenvalue weighted by Gasteiger charge is -2.30. The van der Waals surface area contributed by atoms with Crippen molar-refractivity contribution in [1.82, 2.24) is 10.2 Å². The van der Waals surface area contributed by atoms with Crippen molar-refractivity contribution >= 4 is 61.5 Å². The van der Waals surface area contributed by atoms with E-state index in [-0.39, 0.29) is 42.3 Å². The average molecular weight is 577 g/mol. The van der Waals surface area contributed by atoms with E-state index in [1.165, 1.54) is 9.21 Å². The van der Waals surface area contributed by atoms with Gasteiger partial charge >= 0.3 is 0 Å². The van der Waals surface area contributed by atoms with Gasteiger partial charge in [-0.3, -0.25) is 13.9 Å². The van der Waals surface area contributed by atoms with Crippen LogP contribution in [0.2, 0.25) is 10.0 Å². The number of benzene rings is 3. The lowest BCUT2D eigenvalue weighted by Crippen LogP contribution is -2.49. The number of nitrogens with one attached hydrogen (secondary N) is 1. The second-order valence-corrected chi connectivity index (χ2v) is 12.2. The van der Waals surface area contributed by atoms with Crippen LogP contribution < -0.4 is 9.62 Å². The fourth-order valence-electron chi connectivity index (χ4n) is 4.60. The van der Waals surface area contributed by atoms with Crippen LogP contribution in [0, 0.1) is 0 Å². The molecular weight excluding hydrogens is 545 g/mol. The van der Waals surface area contributed by atoms with Crippen LogP contribution in [-0.2, 0) is 26.2 Å². The SMILES string of the molecule is CC[C@@H](C)NC(=O)[C@H](C)N(Cc1ccc(Cl)c(Cl)c1)C(=O)CCCN1c2cccc3cccc(c23)S1(=O)=O. The number of rotatable bonds is 10. The minimum atomic E-state index is -3.70. The fraction of sp³-hybridized carbons (Fsp3) is 0.357. The Bertz CT molecular complexity index is 1470. The number of halogens is 2. The number of hydrogen-bond acceptors (Lipinski definition) is 4. The standard InChI is InChI=1S/C28H31Cl2N3O4S/c1-4-18(2)31-28(35)19(3)32(17-20-13-14-22(29)23(30)16-20)26(34)12-7-15-33-24-10-5-8-21-9-6-11-25(27(21)24)38(33,36)37/h5-6,8-11,13-14,16,18-19H,4,7,12,15,17H2,1-3H3,(H,31,35)/t18-,19+/m1/s1. The summed E-state index contributed by atoms with van der Waals surface area (Å²) >= 11 is 12.2. The van der Waals surface area contributed by atoms with Gasteiger partial charge in [-0.2, -0.15) is 0 Å². The third kappa shape index (κ3) is 5.63. The number of sulfonamides is 1. The summed E-state index contributed by atoms with van der Waals surface area (Å²) in [6, 6.07) is 15.1. The summed E-state index contributed by atoms with van der Waals surface area (Å²) < 4.78 is 27.9. The highest BCUT2D eigenvalue weighted by molar-refractivity contribution is 7.93. The second kappa shape index (κ2) is 11.5. The minimum Gasteiger partial charge on any atom is -0.352 e. The normalized spacial score (nSPS) is 15.3. The maximum absolute atomic E-state index is 13.5. The predicted octanol–water partition coefficient (Wildman–Crippen LogP) is 5.77. The van der Waals surface area contributed by atoms with Crippen LogP contribution in [0.25, 0.3) is 10.8 Å². The highest BCUT2D eigenvalue weighted by atomic mass is 35.5. The van der Waals surface area contributed by atoms with E-state index in [1.807, 2.05) is 32.0 Å². The van der Waals surface area contributed by atoms with Crippen LogP contribution in [0.5, 0.6) is 0 Å². The monoisotopic (exact) mass is 575 g/mol. The Balaban J connectivity index is 1.51. The lowest BCUT2D eigenvalue weighted by molar-refractivity contribution is -0.140. The van der Waals surface area contributed by atoms with Gasteiger partial charge in [0.1, 0.15) is 6.04 Å². The van der Waals surface area contributed by atoms with Crippen molar-refractivity contribution in [2.24, 2.45) is 0 Å². The first-order valence-electron chi connectivity index (χ1n) is 12.6. The third-order valence-electron chi connectivity index (χ3n) is 6.94. The molecule has 1 aliphatic heterocycles. The Kier molecular flexibility index (Phi) is 8.55. The molecule has 0 radical (unpaired) electrons. The van der Waals surface area contributed by atoms with Gasteiger partial charge in [-0.15, -0.1) is 0 Å². The summed E-state index contributed by atoms with van der Waals surface area (Å²) in [6.07, 6.45) is 1.12. The highest BCUT2D eigenvalue weighted by Crippen LogP contribution is 2.42. The molecule has 7 nitrogen and oxygen atoms in total. The molecule has 4 rings (SSSR count). The summed E-state index contributed by atoms with van der Waals surface area (Å²) in [4.78, 5) is 28.2. The van der Waals surface area contributed by atoms with E-state index >= 15 is 0 Å². The molecule has 38 heavy (non-hydrogen) atoms. The molecule has 202 valence electrons. The van der Waals surface area contributed by atoms with Crippen LogP contribution in [0.1, 0.15) is 45.6 Å². The Hall–Kier alpha value is -2.81. The number of anilines is 1. The zero-order valence-electron chi connectivity index (χ0n) is 21.6. The lowest BCUT2D eigenvalue weighted by atomic mass is 10.1. The molecular formula is C28H31Cl2N3O4S. The molecule has 1 aliphatic rings. The Morgan fingerprint density at radius 3 is 2.42 bits per heavy atom. The molecule has 0 saturated heterocycles. The van der Waals surface area contributed by atoms with Gasteiger partial charge in [0.25, 0.3) is 10.0 Å². The van der Waals surface area contributed by atoms with Crippen LogP contribution in [0.15, 0.2) is 59.5 Å². The van der Waals surface area contributed by atoms with Gasteiger partial charge in [-0.1, -0.05) is 60.5 Å². The van der Waals surface area contributed by atoms with Gasteiger partial charge in [0.05, 0.1) is 20.6 Å². The molecule has 1 heterocycles. The molecule has 0 fully saturated rings. The summed E-state index contributed by atoms with van der Waals surface area (Å²) in [5.41, 5.74) is 1.36. The van der Waals surface area contributed by atoms with E-state index in [4.69, 9.17) is 23.2 Å². The molecule has 10 heteroatoms. The second-order valence-electron chi connectivity index (χ2n) is 9.58. The van der Waals surface area contributed by atoms with Gasteiger partial charge in [0, 0.05) is 30.9 Å². The summed E-state index contributed by atoms with van der Waals surface area (Å²) in [5, 5.41) is 5.26. The number of amides is 2. The maximum atomic E-state index is 13.5. The first-order chi connectivity index (χ1) is 18.0. The molecule has 0 spiro atoms. The molecule has 2 amide bonds. The van der Waals surface area contributed by atoms with Gasteiger partial charge < -0.3 is 10.2 Å². The molecule has 0 aliphatic carbocycles. The zero-order valence-corrected chi connectivity index (χ0v) is 23.9. The third-order valence-corrected chi connectivity index (χ3v) is 9.53. The molecule has 3 aromatic rings. The quantitative estimate of drug-likeness (QED) is 0.332. The van der Waals surface area contributed by atoms with Gasteiger partial charge in [0.15, 0.2) is 0 Å². The molecule has 0 bridgehead atoms. The largest absolute Gasteiger partial charge is 0.352 e. The van der Waals surface area contributed by atoms with Crippen LogP contribution >= 0.6 is 23.2 Å². The van der Waals surface area contributed by atoms with Crippen molar-refractivity contribution in [2.75, 3.05) is 10.8 Å². The smallest absolute Gasteiger partial charge is 0.265 e. The highest BCUT2D eigenvalue weighted by Gasteiger charge is 2.35. The molecule has 0 saturated carbocycles. The maximum Gasteiger partial charge on any atom is 0.265 e. The van der Waals surface area contributed by atoms with Crippen molar-refractivity contribution in [1.29, 1.82) is 0 Å². The topological polar surface area (TPSA) is 86.8 Å². The van der Waals surface area contributed by atoms with Gasteiger partial charge in [-0.05, 0) is 61.9 Å². The molecule has 1 N–H and O–H groups in total. The van der Waals surface area contributed by atoms with Crippen molar-refractivity contribution < 1.29 is 18.0 Å². The molecule has 3 aromatic carbocycles. The summed E-state index contributed by atoms with van der Waals surface area (Å²) in [6.45, 7) is 5.88. The summed E-state index contributed by atoms with van der Waals surface area (Å²) in [5.74, 6) is -0.507. The van der Waals surface area contributed by atoms with Crippen molar-refractivity contribution in [3.63, 3.8) is 0 Å². The number of carbonyl (C=O) groups is 2. The fourth-order valence-corrected chi connectivity index (χ4v) is 6.67. The van der Waals surface area contributed by atoms with Crippen molar-refractivity contribution in [2.45, 2.75) is 63.6 Å². The molecule has 0 unspecified atom stereocenters. The minimum absolute atomic E-state index is 0.0309. The van der Waals surface area contributed by atoms with Gasteiger partial charge in [0.2, 0.25) is 11.8 Å². The van der Waals surface area contributed by atoms with E-state index in [0.717, 1.165) is 17.4 Å². The molecule has 2 atom stereocenters. The first kappa shape index (κ1) is 28.2. The molecule has 0 aromatic heterocycles. The zero-order chi connectivity index (χ0) is 27.6.